The van der Waals surface area contributed by atoms with Crippen molar-refractivity contribution in [2.75, 3.05) is 31.1 Å². The molecule has 3 rings (SSSR count). The molecular formula is C11H14ClN3O3. The van der Waals surface area contributed by atoms with E-state index in [2.05, 4.69) is 10.2 Å². The van der Waals surface area contributed by atoms with E-state index in [1.165, 1.54) is 12.1 Å². The first-order valence-electron chi connectivity index (χ1n) is 5.64. The minimum Gasteiger partial charge on any atom is -0.489 e. The van der Waals surface area contributed by atoms with E-state index in [4.69, 9.17) is 4.74 Å². The minimum atomic E-state index is -0.395. The molecule has 0 radical (unpaired) electrons. The molecule has 1 aromatic rings. The highest BCUT2D eigenvalue weighted by atomic mass is 35.5. The summed E-state index contributed by atoms with van der Waals surface area (Å²) in [4.78, 5) is 12.6. The molecule has 0 saturated carbocycles. The smallest absolute Gasteiger partial charge is 0.273 e. The van der Waals surface area contributed by atoms with Gasteiger partial charge in [-0.05, 0) is 6.07 Å². The van der Waals surface area contributed by atoms with Crippen LogP contribution >= 0.6 is 12.4 Å². The van der Waals surface area contributed by atoms with Crippen LogP contribution in [0.4, 0.5) is 11.4 Å². The van der Waals surface area contributed by atoms with Gasteiger partial charge < -0.3 is 15.0 Å². The van der Waals surface area contributed by atoms with Gasteiger partial charge in [-0.25, -0.2) is 0 Å². The van der Waals surface area contributed by atoms with Gasteiger partial charge in [0.15, 0.2) is 0 Å². The number of nitro benzene ring substituents is 1. The van der Waals surface area contributed by atoms with Gasteiger partial charge in [0.1, 0.15) is 12.4 Å². The molecular weight excluding hydrogens is 258 g/mol. The van der Waals surface area contributed by atoms with Crippen molar-refractivity contribution in [2.45, 2.75) is 6.04 Å². The Bertz CT molecular complexity index is 469. The molecule has 2 aliphatic rings. The molecule has 1 saturated heterocycles. The Balaban J connectivity index is 0.00000120. The number of nitrogens with zero attached hydrogens (tertiary/aromatic N) is 2. The molecule has 0 amide bonds. The molecule has 0 aromatic heterocycles. The normalized spacial score (nSPS) is 21.1. The average Bonchev–Trinajstić information content (AvgIpc) is 2.38. The lowest BCUT2D eigenvalue weighted by atomic mass is 10.1. The Morgan fingerprint density at radius 3 is 3.11 bits per heavy atom. The summed E-state index contributed by atoms with van der Waals surface area (Å²) in [5, 5.41) is 14.0. The predicted octanol–water partition coefficient (Wildman–Crippen LogP) is 1.19. The zero-order valence-corrected chi connectivity index (χ0v) is 10.5. The van der Waals surface area contributed by atoms with Gasteiger partial charge in [0.25, 0.3) is 5.69 Å². The quantitative estimate of drug-likeness (QED) is 0.614. The highest BCUT2D eigenvalue weighted by Crippen LogP contribution is 2.36. The van der Waals surface area contributed by atoms with Crippen LogP contribution in [0.1, 0.15) is 0 Å². The van der Waals surface area contributed by atoms with Crippen LogP contribution in [0.25, 0.3) is 0 Å². The molecule has 1 fully saturated rings. The van der Waals surface area contributed by atoms with Crippen LogP contribution in [0.5, 0.6) is 5.75 Å². The van der Waals surface area contributed by atoms with E-state index in [1.54, 1.807) is 6.07 Å². The van der Waals surface area contributed by atoms with Crippen LogP contribution in [0, 0.1) is 10.1 Å². The number of piperazine rings is 1. The molecule has 0 aliphatic carbocycles. The van der Waals surface area contributed by atoms with Crippen molar-refractivity contribution in [1.29, 1.82) is 0 Å². The average molecular weight is 272 g/mol. The van der Waals surface area contributed by atoms with Crippen LogP contribution in [0.15, 0.2) is 18.2 Å². The highest BCUT2D eigenvalue weighted by Gasteiger charge is 2.30. The molecule has 1 atom stereocenters. The molecule has 18 heavy (non-hydrogen) atoms. The zero-order valence-electron chi connectivity index (χ0n) is 9.67. The van der Waals surface area contributed by atoms with Crippen LogP contribution in [0.2, 0.25) is 0 Å². The fourth-order valence-electron chi connectivity index (χ4n) is 2.38. The second kappa shape index (κ2) is 4.99. The van der Waals surface area contributed by atoms with E-state index in [0.717, 1.165) is 25.3 Å². The molecule has 0 spiro atoms. The van der Waals surface area contributed by atoms with Crippen LogP contribution in [-0.2, 0) is 0 Å². The van der Waals surface area contributed by atoms with Gasteiger partial charge in [0.05, 0.1) is 22.7 Å². The maximum Gasteiger partial charge on any atom is 0.273 e. The van der Waals surface area contributed by atoms with Gasteiger partial charge in [0.2, 0.25) is 0 Å². The second-order valence-electron chi connectivity index (χ2n) is 4.27. The largest absolute Gasteiger partial charge is 0.489 e. The number of hydrogen-bond acceptors (Lipinski definition) is 5. The number of nitrogens with one attached hydrogen (secondary N) is 1. The fourth-order valence-corrected chi connectivity index (χ4v) is 2.38. The SMILES string of the molecule is Cl.O=[N+]([O-])c1ccc2c(c1)OCC1CNCCN21. The lowest BCUT2D eigenvalue weighted by molar-refractivity contribution is -0.384. The molecule has 0 bridgehead atoms. The summed E-state index contributed by atoms with van der Waals surface area (Å²) < 4.78 is 5.60. The van der Waals surface area contributed by atoms with Gasteiger partial charge in [-0.2, -0.15) is 0 Å². The first-order chi connectivity index (χ1) is 8.25. The summed E-state index contributed by atoms with van der Waals surface area (Å²) in [6.07, 6.45) is 0. The van der Waals surface area contributed by atoms with Crippen molar-refractivity contribution in [2.24, 2.45) is 0 Å². The lowest BCUT2D eigenvalue weighted by Gasteiger charge is -2.41. The van der Waals surface area contributed by atoms with Crippen molar-refractivity contribution < 1.29 is 9.66 Å². The lowest BCUT2D eigenvalue weighted by Crippen LogP contribution is -2.55. The molecule has 98 valence electrons. The molecule has 1 aromatic carbocycles. The number of ether oxygens (including phenoxy) is 1. The van der Waals surface area contributed by atoms with Gasteiger partial charge in [0, 0.05) is 25.7 Å². The van der Waals surface area contributed by atoms with Gasteiger partial charge >= 0.3 is 0 Å². The number of fused-ring (bicyclic) bond motifs is 3. The molecule has 6 nitrogen and oxygen atoms in total. The third kappa shape index (κ3) is 2.09. The van der Waals surface area contributed by atoms with E-state index >= 15 is 0 Å². The Labute approximate surface area is 110 Å². The summed E-state index contributed by atoms with van der Waals surface area (Å²) in [6.45, 7) is 3.34. The Kier molecular flexibility index (Phi) is 3.58. The fraction of sp³-hybridized carbons (Fsp3) is 0.455. The summed E-state index contributed by atoms with van der Waals surface area (Å²) >= 11 is 0. The summed E-state index contributed by atoms with van der Waals surface area (Å²) in [7, 11) is 0. The predicted molar refractivity (Wildman–Crippen MR) is 69.8 cm³/mol. The summed E-state index contributed by atoms with van der Waals surface area (Å²) in [5.41, 5.74) is 1.05. The van der Waals surface area contributed by atoms with Crippen molar-refractivity contribution in [1.82, 2.24) is 5.32 Å². The van der Waals surface area contributed by atoms with Gasteiger partial charge in [-0.1, -0.05) is 0 Å². The first-order valence-corrected chi connectivity index (χ1v) is 5.64. The zero-order chi connectivity index (χ0) is 11.8. The number of non-ortho nitro benzene ring substituents is 1. The maximum absolute atomic E-state index is 10.7. The van der Waals surface area contributed by atoms with Crippen LogP contribution < -0.4 is 15.0 Å². The van der Waals surface area contributed by atoms with E-state index < -0.39 is 4.92 Å². The van der Waals surface area contributed by atoms with Gasteiger partial charge in [-0.15, -0.1) is 12.4 Å². The molecule has 7 heteroatoms. The third-order valence-electron chi connectivity index (χ3n) is 3.25. The van der Waals surface area contributed by atoms with E-state index in [-0.39, 0.29) is 18.1 Å². The van der Waals surface area contributed by atoms with Crippen LogP contribution in [0.3, 0.4) is 0 Å². The Hall–Kier alpha value is -1.53. The number of nitro groups is 1. The number of halogens is 1. The van der Waals surface area contributed by atoms with E-state index in [9.17, 15) is 10.1 Å². The summed E-state index contributed by atoms with van der Waals surface area (Å²) in [6, 6.07) is 5.16. The maximum atomic E-state index is 10.7. The number of rotatable bonds is 1. The van der Waals surface area contributed by atoms with E-state index in [0.29, 0.717) is 18.4 Å². The molecule has 2 aliphatic heterocycles. The third-order valence-corrected chi connectivity index (χ3v) is 3.25. The molecule has 1 N–H and O–H groups in total. The monoisotopic (exact) mass is 271 g/mol. The van der Waals surface area contributed by atoms with Gasteiger partial charge in [-0.3, -0.25) is 10.1 Å². The van der Waals surface area contributed by atoms with Crippen molar-refractivity contribution >= 4 is 23.8 Å². The van der Waals surface area contributed by atoms with Crippen molar-refractivity contribution in [3.63, 3.8) is 0 Å². The van der Waals surface area contributed by atoms with Crippen molar-refractivity contribution in [3.8, 4) is 5.75 Å². The topological polar surface area (TPSA) is 67.6 Å². The summed E-state index contributed by atoms with van der Waals surface area (Å²) in [5.74, 6) is 0.623. The van der Waals surface area contributed by atoms with Crippen molar-refractivity contribution in [3.05, 3.63) is 28.3 Å². The number of hydrogen-bond donors (Lipinski definition) is 1. The molecule has 2 heterocycles. The minimum absolute atomic E-state index is 0. The van der Waals surface area contributed by atoms with Crippen LogP contribution in [-0.4, -0.2) is 37.2 Å². The van der Waals surface area contributed by atoms with E-state index in [1.807, 2.05) is 0 Å². The Morgan fingerprint density at radius 1 is 1.50 bits per heavy atom. The Morgan fingerprint density at radius 2 is 2.33 bits per heavy atom. The second-order valence-corrected chi connectivity index (χ2v) is 4.27. The first kappa shape index (κ1) is 12.9. The standard InChI is InChI=1S/C11H13N3O3.ClH/c15-14(16)8-1-2-10-11(5-8)17-7-9-6-12-3-4-13(9)10;/h1-2,5,9,12H,3-4,6-7H2;1H. The number of anilines is 1. The number of benzene rings is 1. The highest BCUT2D eigenvalue weighted by molar-refractivity contribution is 5.85. The molecule has 1 unspecified atom stereocenters.